The molecule has 0 fully saturated rings. The molecule has 0 spiro atoms. The smallest absolute Gasteiger partial charge is 0.340 e. The van der Waals surface area contributed by atoms with Gasteiger partial charge in [0.2, 0.25) is 15.9 Å². The Morgan fingerprint density at radius 2 is 1.67 bits per heavy atom. The van der Waals surface area contributed by atoms with Gasteiger partial charge in [0.15, 0.2) is 0 Å². The molecule has 24 heavy (non-hydrogen) atoms. The van der Waals surface area contributed by atoms with Crippen molar-refractivity contribution in [3.8, 4) is 0 Å². The van der Waals surface area contributed by atoms with E-state index in [-0.39, 0.29) is 30.3 Å². The lowest BCUT2D eigenvalue weighted by atomic mass is 10.2. The molecule has 0 aliphatic heterocycles. The highest BCUT2D eigenvalue weighted by Gasteiger charge is 2.27. The number of benzene rings is 1. The van der Waals surface area contributed by atoms with Gasteiger partial charge in [0.1, 0.15) is 6.54 Å². The molecule has 0 saturated carbocycles. The van der Waals surface area contributed by atoms with Crippen LogP contribution in [0, 0.1) is 0 Å². The fraction of sp³-hybridized carbons (Fsp3) is 0.500. The van der Waals surface area contributed by atoms with Crippen molar-refractivity contribution < 1.29 is 22.7 Å². The predicted octanol–water partition coefficient (Wildman–Crippen LogP) is 1.50. The summed E-state index contributed by atoms with van der Waals surface area (Å²) in [7, 11) is -3.76. The maximum Gasteiger partial charge on any atom is 0.340 e. The second kappa shape index (κ2) is 8.68. The molecule has 0 N–H and O–H groups in total. The average Bonchev–Trinajstić information content (AvgIpc) is 2.53. The second-order valence-corrected chi connectivity index (χ2v) is 6.98. The molecule has 0 aliphatic carbocycles. The molecular weight excluding hydrogens is 332 g/mol. The maximum absolute atomic E-state index is 12.3. The fourth-order valence-electron chi connectivity index (χ4n) is 2.25. The van der Waals surface area contributed by atoms with Gasteiger partial charge in [-0.3, -0.25) is 9.10 Å². The minimum Gasteiger partial charge on any atom is -0.462 e. The largest absolute Gasteiger partial charge is 0.462 e. The van der Waals surface area contributed by atoms with Crippen LogP contribution in [-0.2, 0) is 19.6 Å². The zero-order valence-corrected chi connectivity index (χ0v) is 15.3. The number of carbonyl (C=O) groups is 2. The number of para-hydroxylation sites is 1. The van der Waals surface area contributed by atoms with Crippen LogP contribution in [0.15, 0.2) is 24.3 Å². The number of rotatable bonds is 8. The lowest BCUT2D eigenvalue weighted by Gasteiger charge is -2.27. The van der Waals surface area contributed by atoms with Crippen molar-refractivity contribution in [2.24, 2.45) is 0 Å². The lowest BCUT2D eigenvalue weighted by molar-refractivity contribution is -0.129. The lowest BCUT2D eigenvalue weighted by Crippen LogP contribution is -2.43. The van der Waals surface area contributed by atoms with Crippen LogP contribution in [0.3, 0.4) is 0 Å². The van der Waals surface area contributed by atoms with E-state index in [4.69, 9.17) is 4.74 Å². The number of amides is 1. The average molecular weight is 356 g/mol. The van der Waals surface area contributed by atoms with Crippen LogP contribution in [0.25, 0.3) is 0 Å². The van der Waals surface area contributed by atoms with Crippen molar-refractivity contribution in [3.05, 3.63) is 29.8 Å². The number of anilines is 1. The first-order valence-corrected chi connectivity index (χ1v) is 9.62. The molecule has 0 aromatic heterocycles. The monoisotopic (exact) mass is 356 g/mol. The van der Waals surface area contributed by atoms with E-state index in [1.54, 1.807) is 19.1 Å². The molecule has 1 aromatic rings. The minimum atomic E-state index is -3.76. The normalized spacial score (nSPS) is 11.0. The molecule has 1 rings (SSSR count). The molecule has 1 amide bonds. The summed E-state index contributed by atoms with van der Waals surface area (Å²) in [5.74, 6) is -0.957. The summed E-state index contributed by atoms with van der Waals surface area (Å²) >= 11 is 0. The number of sulfonamides is 1. The van der Waals surface area contributed by atoms with E-state index < -0.39 is 16.0 Å². The van der Waals surface area contributed by atoms with Gasteiger partial charge in [0, 0.05) is 13.1 Å². The van der Waals surface area contributed by atoms with Crippen molar-refractivity contribution >= 4 is 27.6 Å². The first kappa shape index (κ1) is 20.0. The zero-order valence-electron chi connectivity index (χ0n) is 14.5. The van der Waals surface area contributed by atoms with Crippen molar-refractivity contribution in [1.29, 1.82) is 0 Å². The molecular formula is C16H24N2O5S. The van der Waals surface area contributed by atoms with Gasteiger partial charge < -0.3 is 9.64 Å². The second-order valence-electron chi connectivity index (χ2n) is 5.07. The van der Waals surface area contributed by atoms with Crippen LogP contribution < -0.4 is 4.31 Å². The van der Waals surface area contributed by atoms with Gasteiger partial charge in [-0.2, -0.15) is 0 Å². The van der Waals surface area contributed by atoms with Crippen LogP contribution in [0.4, 0.5) is 5.69 Å². The van der Waals surface area contributed by atoms with E-state index in [1.165, 1.54) is 17.0 Å². The molecule has 0 bridgehead atoms. The van der Waals surface area contributed by atoms with E-state index >= 15 is 0 Å². The van der Waals surface area contributed by atoms with Crippen LogP contribution in [0.1, 0.15) is 31.1 Å². The Balaban J connectivity index is 3.29. The Bertz CT molecular complexity index is 683. The number of hydrogen-bond donors (Lipinski definition) is 0. The molecule has 0 aliphatic rings. The third-order valence-electron chi connectivity index (χ3n) is 3.46. The van der Waals surface area contributed by atoms with Crippen molar-refractivity contribution in [1.82, 2.24) is 4.90 Å². The third kappa shape index (κ3) is 4.95. The molecule has 0 atom stereocenters. The first-order valence-electron chi connectivity index (χ1n) is 7.77. The molecule has 0 radical (unpaired) electrons. The Morgan fingerprint density at radius 1 is 1.08 bits per heavy atom. The van der Waals surface area contributed by atoms with Gasteiger partial charge in [0.05, 0.1) is 24.1 Å². The van der Waals surface area contributed by atoms with Gasteiger partial charge in [-0.05, 0) is 32.9 Å². The van der Waals surface area contributed by atoms with E-state index in [2.05, 4.69) is 0 Å². The summed E-state index contributed by atoms with van der Waals surface area (Å²) in [6.07, 6.45) is 1.00. The summed E-state index contributed by atoms with van der Waals surface area (Å²) in [4.78, 5) is 26.0. The predicted molar refractivity (Wildman–Crippen MR) is 92.5 cm³/mol. The molecule has 0 heterocycles. The van der Waals surface area contributed by atoms with E-state index in [1.807, 2.05) is 13.8 Å². The minimum absolute atomic E-state index is 0.108. The Hall–Kier alpha value is -2.09. The van der Waals surface area contributed by atoms with Crippen LogP contribution in [-0.4, -0.2) is 57.7 Å². The number of nitrogens with zero attached hydrogens (tertiary/aromatic N) is 2. The molecule has 1 aromatic carbocycles. The standard InChI is InChI=1S/C16H24N2O5S/c1-5-17(6-2)15(19)12-18(24(4,21)22)14-11-9-8-10-13(14)16(20)23-7-3/h8-11H,5-7,12H2,1-4H3. The van der Waals surface area contributed by atoms with Crippen LogP contribution in [0.2, 0.25) is 0 Å². The SMILES string of the molecule is CCOC(=O)c1ccccc1N(CC(=O)N(CC)CC)S(C)(=O)=O. The topological polar surface area (TPSA) is 84.0 Å². The summed E-state index contributed by atoms with van der Waals surface area (Å²) in [5, 5.41) is 0. The van der Waals surface area contributed by atoms with Crippen molar-refractivity contribution in [3.63, 3.8) is 0 Å². The van der Waals surface area contributed by atoms with E-state index in [9.17, 15) is 18.0 Å². The van der Waals surface area contributed by atoms with E-state index in [0.717, 1.165) is 10.6 Å². The van der Waals surface area contributed by atoms with Crippen LogP contribution >= 0.6 is 0 Å². The Kier molecular flexibility index (Phi) is 7.21. The number of likely N-dealkylation sites (N-methyl/N-ethyl adjacent to an activating group) is 1. The highest BCUT2D eigenvalue weighted by Crippen LogP contribution is 2.24. The summed E-state index contributed by atoms with van der Waals surface area (Å²) in [5.41, 5.74) is 0.246. The maximum atomic E-state index is 12.3. The van der Waals surface area contributed by atoms with Crippen molar-refractivity contribution in [2.75, 3.05) is 36.8 Å². The summed E-state index contributed by atoms with van der Waals surface area (Å²) in [6, 6.07) is 6.19. The zero-order chi connectivity index (χ0) is 18.3. The van der Waals surface area contributed by atoms with Gasteiger partial charge in [-0.1, -0.05) is 12.1 Å². The number of carbonyl (C=O) groups excluding carboxylic acids is 2. The van der Waals surface area contributed by atoms with Gasteiger partial charge >= 0.3 is 5.97 Å². The fourth-order valence-corrected chi connectivity index (χ4v) is 3.11. The Morgan fingerprint density at radius 3 is 2.17 bits per heavy atom. The molecule has 134 valence electrons. The number of ether oxygens (including phenoxy) is 1. The van der Waals surface area contributed by atoms with Gasteiger partial charge in [-0.15, -0.1) is 0 Å². The first-order chi connectivity index (χ1) is 11.3. The van der Waals surface area contributed by atoms with Crippen molar-refractivity contribution in [2.45, 2.75) is 20.8 Å². The van der Waals surface area contributed by atoms with Gasteiger partial charge in [0.25, 0.3) is 0 Å². The molecule has 0 unspecified atom stereocenters. The van der Waals surface area contributed by atoms with E-state index in [0.29, 0.717) is 13.1 Å². The molecule has 8 heteroatoms. The Labute approximate surface area is 143 Å². The quantitative estimate of drug-likeness (QED) is 0.659. The molecule has 7 nitrogen and oxygen atoms in total. The summed E-state index contributed by atoms with van der Waals surface area (Å²) < 4.78 is 30.3. The number of esters is 1. The molecule has 0 saturated heterocycles. The highest BCUT2D eigenvalue weighted by molar-refractivity contribution is 7.92. The summed E-state index contributed by atoms with van der Waals surface area (Å²) in [6.45, 7) is 6.07. The highest BCUT2D eigenvalue weighted by atomic mass is 32.2. The van der Waals surface area contributed by atoms with Crippen LogP contribution in [0.5, 0.6) is 0 Å². The number of hydrogen-bond acceptors (Lipinski definition) is 5. The van der Waals surface area contributed by atoms with Gasteiger partial charge in [-0.25, -0.2) is 13.2 Å². The third-order valence-corrected chi connectivity index (χ3v) is 4.59.